The SMILES string of the molecule is c1ccc2c(-c3nc(-n4c5ccccc5c5c6ccccc6c6c7ccccc7sc6c54)nc4cccnc34)cccc2c1.c1ccc2cc(-c3nc(-n4c5ccccc5c5c6ccccc6c6c7ccccc7sc6c54)nc4cccnc34)ccc2c1. The van der Waals surface area contributed by atoms with E-state index < -0.39 is 0 Å². The number of hydrogen-bond donors (Lipinski definition) is 0. The van der Waals surface area contributed by atoms with Crippen LogP contribution in [0.1, 0.15) is 0 Å². The highest BCUT2D eigenvalue weighted by Crippen LogP contribution is 2.50. The molecule has 0 radical (unpaired) electrons. The Kier molecular flexibility index (Phi) is 10.6. The number of benzene rings is 12. The molecular weight excluding hydrogens is 1110 g/mol. The Morgan fingerprint density at radius 3 is 1.30 bits per heavy atom. The predicted molar refractivity (Wildman–Crippen MR) is 370 cm³/mol. The van der Waals surface area contributed by atoms with Gasteiger partial charge in [-0.25, -0.2) is 19.9 Å². The Balaban J connectivity index is 0.000000128. The summed E-state index contributed by atoms with van der Waals surface area (Å²) in [5.41, 5.74) is 11.4. The van der Waals surface area contributed by atoms with Gasteiger partial charge < -0.3 is 0 Å². The molecule has 0 unspecified atom stereocenters. The Morgan fingerprint density at radius 1 is 0.295 bits per heavy atom. The lowest BCUT2D eigenvalue weighted by Gasteiger charge is -2.13. The Hall–Kier alpha value is -11.3. The molecule has 88 heavy (non-hydrogen) atoms. The molecule has 0 saturated heterocycles. The van der Waals surface area contributed by atoms with E-state index in [1.165, 1.54) is 99.6 Å². The van der Waals surface area contributed by atoms with Crippen molar-refractivity contribution < 1.29 is 0 Å². The number of hydrogen-bond acceptors (Lipinski definition) is 8. The van der Waals surface area contributed by atoms with E-state index in [-0.39, 0.29) is 0 Å². The standard InChI is InChI=1S/2C39H22N4S/c1-2-13-24-23(11-1)12-9-18-27(24)35-36-30(19-10-22-40-36)41-39(42-35)43-31-20-7-5-16-28(31)33-25-14-3-4-15-26(25)34-29-17-6-8-21-32(29)44-38(34)37(33)43;1-2-11-24-22-25(20-19-23(24)10-1)35-36-30(16-9-21-40-36)41-39(42-35)43-31-17-7-5-14-28(31)33-26-12-3-4-13-27(26)34-29-15-6-8-18-32(29)44-38(34)37(33)43/h2*1-22H. The second-order valence-corrected chi connectivity index (χ2v) is 24.5. The number of fused-ring (bicyclic) bond motifs is 24. The molecule has 0 amide bonds. The van der Waals surface area contributed by atoms with Crippen LogP contribution < -0.4 is 0 Å². The summed E-state index contributed by atoms with van der Waals surface area (Å²) in [6.07, 6.45) is 3.65. The molecule has 0 aliphatic carbocycles. The second-order valence-electron chi connectivity index (χ2n) is 22.4. The van der Waals surface area contributed by atoms with Crippen LogP contribution in [-0.2, 0) is 0 Å². The van der Waals surface area contributed by atoms with E-state index in [1.807, 2.05) is 59.3 Å². The lowest BCUT2D eigenvalue weighted by Crippen LogP contribution is -2.04. The molecule has 20 aromatic rings. The summed E-state index contributed by atoms with van der Waals surface area (Å²) in [5.74, 6) is 1.29. The van der Waals surface area contributed by atoms with E-state index in [0.29, 0.717) is 11.9 Å². The number of pyridine rings is 2. The topological polar surface area (TPSA) is 87.2 Å². The summed E-state index contributed by atoms with van der Waals surface area (Å²) in [4.78, 5) is 30.7. The molecule has 0 aliphatic rings. The van der Waals surface area contributed by atoms with Gasteiger partial charge in [0.15, 0.2) is 0 Å². The van der Waals surface area contributed by atoms with Crippen LogP contribution in [-0.4, -0.2) is 39.0 Å². The lowest BCUT2D eigenvalue weighted by atomic mass is 9.99. The normalized spacial score (nSPS) is 12.1. The van der Waals surface area contributed by atoms with Gasteiger partial charge in [-0.15, -0.1) is 22.7 Å². The molecule has 12 aromatic carbocycles. The van der Waals surface area contributed by atoms with Crippen molar-refractivity contribution in [1.82, 2.24) is 39.0 Å². The van der Waals surface area contributed by atoms with E-state index in [1.54, 1.807) is 0 Å². The minimum absolute atomic E-state index is 0.647. The van der Waals surface area contributed by atoms with Gasteiger partial charge >= 0.3 is 0 Å². The van der Waals surface area contributed by atoms with Gasteiger partial charge in [-0.2, -0.15) is 0 Å². The van der Waals surface area contributed by atoms with Crippen molar-refractivity contribution in [3.8, 4) is 34.4 Å². The molecule has 0 N–H and O–H groups in total. The Bertz CT molecular complexity index is 6340. The van der Waals surface area contributed by atoms with Gasteiger partial charge in [0.1, 0.15) is 22.4 Å². The summed E-state index contributed by atoms with van der Waals surface area (Å²) >= 11 is 3.69. The van der Waals surface area contributed by atoms with Crippen molar-refractivity contribution >= 4 is 172 Å². The maximum absolute atomic E-state index is 5.40. The largest absolute Gasteiger partial charge is 0.276 e. The number of aromatic nitrogens is 8. The minimum Gasteiger partial charge on any atom is -0.276 e. The van der Waals surface area contributed by atoms with Crippen molar-refractivity contribution in [2.45, 2.75) is 0 Å². The van der Waals surface area contributed by atoms with Crippen molar-refractivity contribution in [3.63, 3.8) is 0 Å². The fourth-order valence-corrected chi connectivity index (χ4v) is 16.5. The van der Waals surface area contributed by atoms with Gasteiger partial charge in [0.2, 0.25) is 11.9 Å². The van der Waals surface area contributed by atoms with Gasteiger partial charge in [0.25, 0.3) is 0 Å². The first-order valence-corrected chi connectivity index (χ1v) is 31.1. The minimum atomic E-state index is 0.647. The molecule has 0 bridgehead atoms. The average molecular weight is 1160 g/mol. The molecule has 0 atom stereocenters. The fourth-order valence-electron chi connectivity index (χ4n) is 13.9. The predicted octanol–water partition coefficient (Wildman–Crippen LogP) is 20.9. The highest BCUT2D eigenvalue weighted by molar-refractivity contribution is 7.27. The van der Waals surface area contributed by atoms with Crippen LogP contribution in [0.4, 0.5) is 0 Å². The molecule has 0 fully saturated rings. The smallest absolute Gasteiger partial charge is 0.235 e. The molecule has 0 spiro atoms. The van der Waals surface area contributed by atoms with Crippen molar-refractivity contribution in [2.75, 3.05) is 0 Å². The van der Waals surface area contributed by atoms with Crippen LogP contribution in [0.2, 0.25) is 0 Å². The summed E-state index contributed by atoms with van der Waals surface area (Å²) in [6.45, 7) is 0. The van der Waals surface area contributed by atoms with Crippen LogP contribution in [0, 0.1) is 0 Å². The third-order valence-corrected chi connectivity index (χ3v) is 20.0. The third kappa shape index (κ3) is 7.18. The van der Waals surface area contributed by atoms with Gasteiger partial charge in [0.05, 0.1) is 42.5 Å². The van der Waals surface area contributed by atoms with Crippen molar-refractivity contribution in [1.29, 1.82) is 0 Å². The number of thiophene rings is 2. The monoisotopic (exact) mass is 1160 g/mol. The first-order valence-electron chi connectivity index (χ1n) is 29.4. The Morgan fingerprint density at radius 2 is 0.727 bits per heavy atom. The van der Waals surface area contributed by atoms with E-state index in [2.05, 4.69) is 240 Å². The second kappa shape index (κ2) is 19.1. The maximum atomic E-state index is 5.40. The van der Waals surface area contributed by atoms with Crippen LogP contribution >= 0.6 is 22.7 Å². The van der Waals surface area contributed by atoms with Crippen molar-refractivity contribution in [2.24, 2.45) is 0 Å². The molecule has 20 rings (SSSR count). The van der Waals surface area contributed by atoms with Gasteiger partial charge in [-0.3, -0.25) is 19.1 Å². The molecule has 0 aliphatic heterocycles. The van der Waals surface area contributed by atoms with Gasteiger partial charge in [-0.1, -0.05) is 200 Å². The molecule has 0 saturated carbocycles. The first kappa shape index (κ1) is 49.0. The Labute approximate surface area is 509 Å². The summed E-state index contributed by atoms with van der Waals surface area (Å²) in [7, 11) is 0. The van der Waals surface area contributed by atoms with Crippen LogP contribution in [0.25, 0.3) is 184 Å². The van der Waals surface area contributed by atoms with E-state index >= 15 is 0 Å². The van der Waals surface area contributed by atoms with Gasteiger partial charge in [0, 0.05) is 76.0 Å². The summed E-state index contributed by atoms with van der Waals surface area (Å²) in [5, 5.41) is 19.7. The number of nitrogens with zero attached hydrogens (tertiary/aromatic N) is 8. The van der Waals surface area contributed by atoms with Crippen LogP contribution in [0.3, 0.4) is 0 Å². The molecular formula is C78H44N8S2. The maximum Gasteiger partial charge on any atom is 0.235 e. The molecule has 408 valence electrons. The van der Waals surface area contributed by atoms with Gasteiger partial charge in [-0.05, 0) is 97.7 Å². The van der Waals surface area contributed by atoms with Crippen molar-refractivity contribution in [3.05, 3.63) is 267 Å². The highest BCUT2D eigenvalue weighted by atomic mass is 32.1. The molecule has 8 heterocycles. The van der Waals surface area contributed by atoms with E-state index in [9.17, 15) is 0 Å². The molecule has 8 nitrogen and oxygen atoms in total. The quantitative estimate of drug-likeness (QED) is 0.174. The zero-order valence-corrected chi connectivity index (χ0v) is 48.4. The zero-order chi connectivity index (χ0) is 57.6. The number of para-hydroxylation sites is 2. The summed E-state index contributed by atoms with van der Waals surface area (Å²) in [6, 6.07) is 90.2. The highest BCUT2D eigenvalue weighted by Gasteiger charge is 2.27. The van der Waals surface area contributed by atoms with E-state index in [0.717, 1.165) is 72.0 Å². The zero-order valence-electron chi connectivity index (χ0n) is 46.8. The first-order chi connectivity index (χ1) is 43.7. The lowest BCUT2D eigenvalue weighted by molar-refractivity contribution is 1.01. The third-order valence-electron chi connectivity index (χ3n) is 17.7. The summed E-state index contributed by atoms with van der Waals surface area (Å²) < 4.78 is 9.62. The fraction of sp³-hybridized carbons (Fsp3) is 0. The number of rotatable bonds is 4. The van der Waals surface area contributed by atoms with Crippen LogP contribution in [0.15, 0.2) is 267 Å². The molecule has 10 heteroatoms. The van der Waals surface area contributed by atoms with E-state index in [4.69, 9.17) is 29.9 Å². The van der Waals surface area contributed by atoms with Crippen LogP contribution in [0.5, 0.6) is 0 Å². The molecule has 8 aromatic heterocycles. The average Bonchev–Trinajstić information content (AvgIpc) is 1.83.